The highest BCUT2D eigenvalue weighted by atomic mass is 28.3. The molecule has 0 aliphatic heterocycles. The molecule has 0 amide bonds. The van der Waals surface area contributed by atoms with Crippen molar-refractivity contribution in [1.29, 1.82) is 0 Å². The molecule has 6 saturated carbocycles. The Hall–Kier alpha value is -0.823. The van der Waals surface area contributed by atoms with Crippen molar-refractivity contribution in [3.63, 3.8) is 0 Å². The van der Waals surface area contributed by atoms with Gasteiger partial charge in [0.15, 0.2) is 0 Å². The summed E-state index contributed by atoms with van der Waals surface area (Å²) in [6.07, 6.45) is 26.4. The van der Waals surface area contributed by atoms with Crippen LogP contribution >= 0.6 is 0 Å². The molecule has 0 nitrogen and oxygen atoms in total. The van der Waals surface area contributed by atoms with Gasteiger partial charge in [0.05, 0.1) is 8.07 Å². The quantitative estimate of drug-likeness (QED) is 0.260. The summed E-state index contributed by atoms with van der Waals surface area (Å²) in [7, 11) is -1.74. The van der Waals surface area contributed by atoms with Crippen LogP contribution in [0.2, 0.25) is 24.2 Å². The van der Waals surface area contributed by atoms with Gasteiger partial charge in [-0.05, 0) is 166 Å². The average molecular weight is 653 g/mol. The highest BCUT2D eigenvalue weighted by molar-refractivity contribution is 6.80. The molecule has 0 aromatic carbocycles. The van der Waals surface area contributed by atoms with Crippen LogP contribution in [0.15, 0.2) is 46.6 Å². The van der Waals surface area contributed by atoms with E-state index in [4.69, 9.17) is 0 Å². The van der Waals surface area contributed by atoms with Crippen LogP contribution < -0.4 is 0 Å². The minimum atomic E-state index is -1.74. The van der Waals surface area contributed by atoms with Crippen LogP contribution in [0.5, 0.6) is 0 Å². The minimum absolute atomic E-state index is 0.297. The summed E-state index contributed by atoms with van der Waals surface area (Å²) in [5.41, 5.74) is 10.1. The van der Waals surface area contributed by atoms with Crippen LogP contribution in [0.1, 0.15) is 133 Å². The van der Waals surface area contributed by atoms with Crippen molar-refractivity contribution in [2.24, 2.45) is 80.8 Å². The maximum absolute atomic E-state index is 3.01. The summed E-state index contributed by atoms with van der Waals surface area (Å²) in [4.78, 5) is 0. The normalized spacial score (nSPS) is 47.1. The summed E-state index contributed by atoms with van der Waals surface area (Å²) >= 11 is 0. The fourth-order valence-electron chi connectivity index (χ4n) is 14.8. The second-order valence-electron chi connectivity index (χ2n) is 22.5. The molecule has 260 valence electrons. The van der Waals surface area contributed by atoms with Crippen LogP contribution in [0.4, 0.5) is 0 Å². The van der Waals surface area contributed by atoms with Gasteiger partial charge in [0.2, 0.25) is 0 Å². The van der Waals surface area contributed by atoms with Crippen LogP contribution in [-0.2, 0) is 0 Å². The Kier molecular flexibility index (Phi) is 7.52. The SMILES string of the molecule is CC1CCC2C(C1)C1CC(C)CCC1C2[Si](C)(C)C1C2C=C3C(=CC2C2C=C4C(=CC21)C(C)(C)CCC4(C)C)C(C)(C)CCC3(C)C. The van der Waals surface area contributed by atoms with Crippen molar-refractivity contribution in [3.05, 3.63) is 46.6 Å². The van der Waals surface area contributed by atoms with Crippen molar-refractivity contribution < 1.29 is 0 Å². The lowest BCUT2D eigenvalue weighted by atomic mass is 9.56. The molecule has 0 spiro atoms. The molecule has 0 aromatic rings. The van der Waals surface area contributed by atoms with Gasteiger partial charge in [0.25, 0.3) is 0 Å². The first-order chi connectivity index (χ1) is 21.8. The Morgan fingerprint density at radius 3 is 1.11 bits per heavy atom. The topological polar surface area (TPSA) is 0 Å². The lowest BCUT2D eigenvalue weighted by Gasteiger charge is -2.51. The van der Waals surface area contributed by atoms with Crippen molar-refractivity contribution in [3.8, 4) is 0 Å². The fraction of sp³-hybridized carbons (Fsp3) is 0.826. The lowest BCUT2D eigenvalue weighted by molar-refractivity contribution is 0.133. The van der Waals surface area contributed by atoms with Crippen molar-refractivity contribution in [1.82, 2.24) is 0 Å². The summed E-state index contributed by atoms with van der Waals surface area (Å²) in [6, 6.07) is 0. The molecule has 6 fully saturated rings. The monoisotopic (exact) mass is 653 g/mol. The molecule has 0 radical (unpaired) electrons. The van der Waals surface area contributed by atoms with E-state index in [0.29, 0.717) is 33.5 Å². The number of hydrogen-bond donors (Lipinski definition) is 0. The predicted molar refractivity (Wildman–Crippen MR) is 205 cm³/mol. The van der Waals surface area contributed by atoms with E-state index in [0.717, 1.165) is 58.4 Å². The largest absolute Gasteiger partial charge is 0.0767 e. The minimum Gasteiger partial charge on any atom is -0.0767 e. The van der Waals surface area contributed by atoms with Gasteiger partial charge in [-0.15, -0.1) is 0 Å². The standard InChI is InChI=1S/C46H72Si/c1-27-13-15-29-31(21-27)32-22-28(2)14-16-30(32)41(29)47(11,12)42-35-25-39-37(43(3,4)17-19-45(39,7)8)23-33(35)34-24-38-40(26-36(34)42)46(9,10)20-18-44(38,5)6/h23-36,41-42H,13-22H2,1-12H3. The lowest BCUT2D eigenvalue weighted by Crippen LogP contribution is -2.48. The van der Waals surface area contributed by atoms with E-state index < -0.39 is 8.07 Å². The molecular formula is C46H72Si. The van der Waals surface area contributed by atoms with Crippen LogP contribution in [0.25, 0.3) is 0 Å². The van der Waals surface area contributed by atoms with E-state index in [9.17, 15) is 0 Å². The summed E-state index contributed by atoms with van der Waals surface area (Å²) in [5.74, 6) is 8.80. The van der Waals surface area contributed by atoms with Crippen molar-refractivity contribution in [2.75, 3.05) is 0 Å². The Morgan fingerprint density at radius 2 is 0.766 bits per heavy atom. The van der Waals surface area contributed by atoms with Gasteiger partial charge >= 0.3 is 0 Å². The van der Waals surface area contributed by atoms with Gasteiger partial charge < -0.3 is 0 Å². The third kappa shape index (κ3) is 4.89. The second kappa shape index (κ2) is 10.6. The molecule has 47 heavy (non-hydrogen) atoms. The van der Waals surface area contributed by atoms with Gasteiger partial charge in [0.1, 0.15) is 0 Å². The van der Waals surface area contributed by atoms with Crippen LogP contribution in [0, 0.1) is 80.8 Å². The second-order valence-corrected chi connectivity index (χ2v) is 27.5. The van der Waals surface area contributed by atoms with E-state index in [1.165, 1.54) is 38.5 Å². The highest BCUT2D eigenvalue weighted by Gasteiger charge is 2.64. The Balaban J connectivity index is 1.29. The molecule has 8 aliphatic carbocycles. The van der Waals surface area contributed by atoms with E-state index in [1.807, 2.05) is 0 Å². The number of allylic oxidation sites excluding steroid dienone is 8. The summed E-state index contributed by atoms with van der Waals surface area (Å²) < 4.78 is 0. The molecule has 8 aliphatic rings. The van der Waals surface area contributed by atoms with Crippen molar-refractivity contribution >= 4 is 8.07 Å². The van der Waals surface area contributed by atoms with Gasteiger partial charge in [-0.25, -0.2) is 0 Å². The zero-order valence-corrected chi connectivity index (χ0v) is 33.8. The molecule has 0 N–H and O–H groups in total. The van der Waals surface area contributed by atoms with Crippen molar-refractivity contribution in [2.45, 2.75) is 158 Å². The summed E-state index contributed by atoms with van der Waals surface area (Å²) in [5, 5.41) is 0. The van der Waals surface area contributed by atoms with E-state index in [-0.39, 0.29) is 0 Å². The Morgan fingerprint density at radius 1 is 0.447 bits per heavy atom. The van der Waals surface area contributed by atoms with Gasteiger partial charge in [-0.3, -0.25) is 0 Å². The van der Waals surface area contributed by atoms with E-state index in [1.54, 1.807) is 48.0 Å². The third-order valence-electron chi connectivity index (χ3n) is 17.5. The third-order valence-corrected chi connectivity index (χ3v) is 22.5. The van der Waals surface area contributed by atoms with Crippen LogP contribution in [-0.4, -0.2) is 8.07 Å². The van der Waals surface area contributed by atoms with E-state index in [2.05, 4.69) is 107 Å². The number of hydrogen-bond acceptors (Lipinski definition) is 0. The first kappa shape index (κ1) is 33.3. The molecule has 0 aromatic heterocycles. The zero-order valence-electron chi connectivity index (χ0n) is 32.8. The first-order valence-corrected chi connectivity index (χ1v) is 23.9. The molecule has 10 unspecified atom stereocenters. The van der Waals surface area contributed by atoms with Gasteiger partial charge in [-0.1, -0.05) is 119 Å². The predicted octanol–water partition coefficient (Wildman–Crippen LogP) is 13.5. The smallest absolute Gasteiger partial charge is 0.0553 e. The Labute approximate surface area is 292 Å². The number of fused-ring (bicyclic) bond motifs is 8. The molecule has 0 saturated heterocycles. The van der Waals surface area contributed by atoms with Gasteiger partial charge in [0, 0.05) is 0 Å². The molecule has 0 heterocycles. The molecule has 0 bridgehead atoms. The molecular weight excluding hydrogens is 581 g/mol. The maximum atomic E-state index is 3.01. The molecule has 1 heteroatoms. The zero-order chi connectivity index (χ0) is 33.6. The van der Waals surface area contributed by atoms with Gasteiger partial charge in [-0.2, -0.15) is 0 Å². The van der Waals surface area contributed by atoms with E-state index >= 15 is 0 Å². The summed E-state index contributed by atoms with van der Waals surface area (Å²) in [6.45, 7) is 31.8. The van der Waals surface area contributed by atoms with Crippen LogP contribution in [0.3, 0.4) is 0 Å². The maximum Gasteiger partial charge on any atom is 0.0553 e. The number of rotatable bonds is 2. The average Bonchev–Trinajstić information content (AvgIpc) is 3.49. The fourth-order valence-corrected chi connectivity index (χ4v) is 20.9. The Bertz CT molecular complexity index is 1320. The highest BCUT2D eigenvalue weighted by Crippen LogP contribution is 2.72. The first-order valence-electron chi connectivity index (χ1n) is 20.7. The molecule has 8 rings (SSSR count). The molecule has 10 atom stereocenters.